The Labute approximate surface area is 199 Å². The van der Waals surface area contributed by atoms with Gasteiger partial charge in [0.2, 0.25) is 5.89 Å². The van der Waals surface area contributed by atoms with Gasteiger partial charge in [-0.2, -0.15) is 0 Å². The van der Waals surface area contributed by atoms with Crippen LogP contribution in [0.2, 0.25) is 0 Å². The molecule has 0 aliphatic carbocycles. The highest BCUT2D eigenvalue weighted by atomic mass is 32.2. The lowest BCUT2D eigenvalue weighted by Gasteiger charge is -2.09. The maximum Gasteiger partial charge on any atom is 0.268 e. The molecule has 0 saturated carbocycles. The molecule has 0 radical (unpaired) electrons. The lowest BCUT2D eigenvalue weighted by molar-refractivity contribution is 0.402. The van der Waals surface area contributed by atoms with Gasteiger partial charge in [-0.3, -0.25) is 4.98 Å². The third-order valence-electron chi connectivity index (χ3n) is 5.35. The molecular weight excluding hydrogens is 450 g/mol. The van der Waals surface area contributed by atoms with Crippen LogP contribution in [0.4, 0.5) is 0 Å². The van der Waals surface area contributed by atoms with E-state index in [-0.39, 0.29) is 10.8 Å². The van der Waals surface area contributed by atoms with Crippen LogP contribution in [0.1, 0.15) is 25.1 Å². The summed E-state index contributed by atoms with van der Waals surface area (Å²) in [6, 6.07) is 14.6. The third-order valence-corrected chi connectivity index (χ3v) is 7.53. The second-order valence-electron chi connectivity index (χ2n) is 8.66. The third kappa shape index (κ3) is 4.90. The van der Waals surface area contributed by atoms with Gasteiger partial charge in [0.1, 0.15) is 5.69 Å². The zero-order chi connectivity index (χ0) is 24.5. The van der Waals surface area contributed by atoms with Crippen molar-refractivity contribution < 1.29 is 12.8 Å². The van der Waals surface area contributed by atoms with E-state index in [9.17, 15) is 8.42 Å². The maximum atomic E-state index is 12.4. The van der Waals surface area contributed by atoms with Crippen LogP contribution in [0, 0.1) is 6.92 Å². The number of benzene rings is 2. The highest BCUT2D eigenvalue weighted by Gasteiger charge is 2.20. The molecule has 9 heteroatoms. The minimum Gasteiger partial charge on any atom is -0.415 e. The number of sulfone groups is 1. The van der Waals surface area contributed by atoms with Gasteiger partial charge in [0.05, 0.1) is 27.7 Å². The molecule has 2 aromatic carbocycles. The van der Waals surface area contributed by atoms with Crippen molar-refractivity contribution in [1.82, 2.24) is 25.1 Å². The van der Waals surface area contributed by atoms with Gasteiger partial charge in [-0.1, -0.05) is 24.3 Å². The van der Waals surface area contributed by atoms with Crippen molar-refractivity contribution in [2.45, 2.75) is 37.5 Å². The molecule has 0 aliphatic heterocycles. The Bertz CT molecular complexity index is 1410. The van der Waals surface area contributed by atoms with E-state index in [2.05, 4.69) is 31.1 Å². The monoisotopic (exact) mass is 477 g/mol. The van der Waals surface area contributed by atoms with Crippen LogP contribution >= 0.6 is 0 Å². The van der Waals surface area contributed by atoms with E-state index in [0.717, 1.165) is 23.2 Å². The summed E-state index contributed by atoms with van der Waals surface area (Å²) >= 11 is 0. The first-order chi connectivity index (χ1) is 16.1. The summed E-state index contributed by atoms with van der Waals surface area (Å²) in [6.45, 7) is 5.96. The molecule has 4 rings (SSSR count). The molecule has 176 valence electrons. The predicted molar refractivity (Wildman–Crippen MR) is 131 cm³/mol. The van der Waals surface area contributed by atoms with Crippen molar-refractivity contribution in [3.05, 3.63) is 66.0 Å². The zero-order valence-corrected chi connectivity index (χ0v) is 20.7. The molecule has 8 nitrogen and oxygen atoms in total. The lowest BCUT2D eigenvalue weighted by atomic mass is 10.1. The lowest BCUT2D eigenvalue weighted by Crippen LogP contribution is -2.13. The molecule has 0 N–H and O–H groups in total. The van der Waals surface area contributed by atoms with Gasteiger partial charge in [0.25, 0.3) is 5.89 Å². The zero-order valence-electron chi connectivity index (χ0n) is 19.8. The molecule has 2 heterocycles. The molecule has 4 aromatic rings. The molecule has 0 atom stereocenters. The summed E-state index contributed by atoms with van der Waals surface area (Å²) in [5.41, 5.74) is 4.44. The predicted octanol–water partition coefficient (Wildman–Crippen LogP) is 4.41. The van der Waals surface area contributed by atoms with E-state index in [1.165, 1.54) is 0 Å². The molecule has 0 amide bonds. The van der Waals surface area contributed by atoms with Crippen LogP contribution in [-0.4, -0.2) is 52.8 Å². The van der Waals surface area contributed by atoms with Gasteiger partial charge in [-0.15, -0.1) is 10.2 Å². The SMILES string of the molecule is Cc1ncc(-c2ccc(S(=O)(=O)C(C)C)cc2)nc1-c1nnc(-c2cccc(CN(C)C)c2)o1. The van der Waals surface area contributed by atoms with Crippen LogP contribution in [0.25, 0.3) is 34.3 Å². The van der Waals surface area contributed by atoms with E-state index in [1.807, 2.05) is 39.2 Å². The molecule has 0 fully saturated rings. The van der Waals surface area contributed by atoms with Crippen LogP contribution in [-0.2, 0) is 16.4 Å². The first kappa shape index (κ1) is 23.7. The minimum atomic E-state index is -3.34. The smallest absolute Gasteiger partial charge is 0.268 e. The van der Waals surface area contributed by atoms with E-state index < -0.39 is 15.1 Å². The highest BCUT2D eigenvalue weighted by molar-refractivity contribution is 7.92. The van der Waals surface area contributed by atoms with Crippen LogP contribution in [0.15, 0.2) is 64.0 Å². The first-order valence-corrected chi connectivity index (χ1v) is 12.5. The summed E-state index contributed by atoms with van der Waals surface area (Å²) in [7, 11) is 0.694. The fourth-order valence-electron chi connectivity index (χ4n) is 3.48. The Kier molecular flexibility index (Phi) is 6.58. The Morgan fingerprint density at radius 2 is 1.68 bits per heavy atom. The Morgan fingerprint density at radius 1 is 0.971 bits per heavy atom. The number of aromatic nitrogens is 4. The van der Waals surface area contributed by atoms with Crippen molar-refractivity contribution in [2.24, 2.45) is 0 Å². The standard InChI is InChI=1S/C25H27N5O3S/c1-16(2)34(31,32)21-11-9-19(10-12-21)22-14-26-17(3)23(27-22)25-29-28-24(33-25)20-8-6-7-18(13-20)15-30(4)5/h6-14,16H,15H2,1-5H3. The Morgan fingerprint density at radius 3 is 2.35 bits per heavy atom. The van der Waals surface area contributed by atoms with Crippen molar-refractivity contribution in [3.63, 3.8) is 0 Å². The van der Waals surface area contributed by atoms with E-state index in [0.29, 0.717) is 23.0 Å². The molecular formula is C25H27N5O3S. The Balaban J connectivity index is 1.65. The second kappa shape index (κ2) is 9.44. The molecule has 0 aliphatic rings. The quantitative estimate of drug-likeness (QED) is 0.386. The van der Waals surface area contributed by atoms with Gasteiger partial charge >= 0.3 is 0 Å². The molecule has 0 unspecified atom stereocenters. The van der Waals surface area contributed by atoms with E-state index in [4.69, 9.17) is 4.42 Å². The fraction of sp³-hybridized carbons (Fsp3) is 0.280. The average molecular weight is 478 g/mol. The molecule has 0 saturated heterocycles. The maximum absolute atomic E-state index is 12.4. The minimum absolute atomic E-state index is 0.277. The largest absolute Gasteiger partial charge is 0.415 e. The van der Waals surface area contributed by atoms with Crippen molar-refractivity contribution in [3.8, 4) is 34.3 Å². The van der Waals surface area contributed by atoms with Crippen LogP contribution in [0.3, 0.4) is 0 Å². The number of nitrogens with zero attached hydrogens (tertiary/aromatic N) is 5. The number of hydrogen-bond acceptors (Lipinski definition) is 8. The fourth-order valence-corrected chi connectivity index (χ4v) is 4.54. The van der Waals surface area contributed by atoms with Gasteiger partial charge in [0.15, 0.2) is 9.84 Å². The highest BCUT2D eigenvalue weighted by Crippen LogP contribution is 2.28. The van der Waals surface area contributed by atoms with Crippen molar-refractivity contribution in [1.29, 1.82) is 0 Å². The van der Waals surface area contributed by atoms with Gasteiger partial charge in [0, 0.05) is 17.7 Å². The summed E-state index contributed by atoms with van der Waals surface area (Å²) in [6.07, 6.45) is 1.65. The van der Waals surface area contributed by atoms with Crippen molar-refractivity contribution >= 4 is 9.84 Å². The summed E-state index contributed by atoms with van der Waals surface area (Å²) < 4.78 is 30.8. The Hall–Kier alpha value is -3.43. The van der Waals surface area contributed by atoms with Crippen LogP contribution < -0.4 is 0 Å². The van der Waals surface area contributed by atoms with Gasteiger partial charge < -0.3 is 9.32 Å². The topological polar surface area (TPSA) is 102 Å². The number of hydrogen-bond donors (Lipinski definition) is 0. The molecule has 2 aromatic heterocycles. The normalized spacial score (nSPS) is 12.0. The number of rotatable bonds is 7. The van der Waals surface area contributed by atoms with E-state index >= 15 is 0 Å². The molecule has 34 heavy (non-hydrogen) atoms. The summed E-state index contributed by atoms with van der Waals surface area (Å²) in [5.74, 6) is 0.685. The first-order valence-electron chi connectivity index (χ1n) is 10.9. The molecule has 0 bridgehead atoms. The average Bonchev–Trinajstić information content (AvgIpc) is 3.29. The second-order valence-corrected chi connectivity index (χ2v) is 11.2. The van der Waals surface area contributed by atoms with Crippen molar-refractivity contribution in [2.75, 3.05) is 14.1 Å². The van der Waals surface area contributed by atoms with Crippen LogP contribution in [0.5, 0.6) is 0 Å². The molecule has 0 spiro atoms. The summed E-state index contributed by atoms with van der Waals surface area (Å²) in [4.78, 5) is 11.5. The van der Waals surface area contributed by atoms with Gasteiger partial charge in [-0.25, -0.2) is 13.4 Å². The van der Waals surface area contributed by atoms with E-state index in [1.54, 1.807) is 44.3 Å². The van der Waals surface area contributed by atoms with Gasteiger partial charge in [-0.05, 0) is 64.7 Å². The summed E-state index contributed by atoms with van der Waals surface area (Å²) in [5, 5.41) is 7.94. The number of aryl methyl sites for hydroxylation is 1.